The van der Waals surface area contributed by atoms with Crippen molar-refractivity contribution in [3.63, 3.8) is 0 Å². The first-order valence-corrected chi connectivity index (χ1v) is 8.31. The van der Waals surface area contributed by atoms with Gasteiger partial charge in [0.25, 0.3) is 0 Å². The van der Waals surface area contributed by atoms with Gasteiger partial charge < -0.3 is 10.4 Å². The highest BCUT2D eigenvalue weighted by atomic mass is 16.4. The van der Waals surface area contributed by atoms with Crippen molar-refractivity contribution < 1.29 is 9.90 Å². The molecule has 8 nitrogen and oxygen atoms in total. The summed E-state index contributed by atoms with van der Waals surface area (Å²) in [5.41, 5.74) is 2.58. The molecule has 3 heterocycles. The van der Waals surface area contributed by atoms with E-state index in [1.165, 1.54) is 0 Å². The van der Waals surface area contributed by atoms with E-state index in [9.17, 15) is 4.79 Å². The lowest BCUT2D eigenvalue weighted by atomic mass is 10.2. The van der Waals surface area contributed by atoms with Gasteiger partial charge in [-0.25, -0.2) is 19.9 Å². The Hall–Kier alpha value is -2.61. The number of hydrogen-bond acceptors (Lipinski definition) is 7. The maximum absolute atomic E-state index is 11.1. The van der Waals surface area contributed by atoms with Crippen LogP contribution in [0, 0.1) is 20.8 Å². The number of aromatic nitrogens is 4. The molecule has 132 valence electrons. The van der Waals surface area contributed by atoms with Gasteiger partial charge in [0.1, 0.15) is 11.6 Å². The monoisotopic (exact) mass is 342 g/mol. The maximum Gasteiger partial charge on any atom is 0.317 e. The van der Waals surface area contributed by atoms with Crippen LogP contribution in [0.1, 0.15) is 41.8 Å². The number of carbonyl (C=O) groups is 1. The number of aliphatic carboxylic acids is 1. The molecule has 0 unspecified atom stereocenters. The van der Waals surface area contributed by atoms with Crippen molar-refractivity contribution in [1.82, 2.24) is 24.8 Å². The summed E-state index contributed by atoms with van der Waals surface area (Å²) in [7, 11) is 0. The van der Waals surface area contributed by atoms with E-state index in [0.29, 0.717) is 17.6 Å². The van der Waals surface area contributed by atoms with Gasteiger partial charge in [-0.15, -0.1) is 0 Å². The normalized spacial score (nSPS) is 17.6. The third-order valence-electron chi connectivity index (χ3n) is 4.09. The molecule has 1 aliphatic rings. The third kappa shape index (κ3) is 4.27. The van der Waals surface area contributed by atoms with Crippen LogP contribution in [0.3, 0.4) is 0 Å². The summed E-state index contributed by atoms with van der Waals surface area (Å²) in [5.74, 6) is 0.928. The van der Waals surface area contributed by atoms with Crippen molar-refractivity contribution in [3.05, 3.63) is 35.0 Å². The summed E-state index contributed by atoms with van der Waals surface area (Å²) in [4.78, 5) is 30.8. The topological polar surface area (TPSA) is 104 Å². The van der Waals surface area contributed by atoms with Crippen LogP contribution in [-0.4, -0.2) is 49.0 Å². The Bertz CT molecular complexity index is 774. The smallest absolute Gasteiger partial charge is 0.317 e. The van der Waals surface area contributed by atoms with Crippen LogP contribution in [0.15, 0.2) is 12.1 Å². The fourth-order valence-corrected chi connectivity index (χ4v) is 3.18. The Kier molecular flexibility index (Phi) is 4.89. The molecule has 1 aliphatic heterocycles. The second-order valence-corrected chi connectivity index (χ2v) is 6.37. The molecule has 0 aliphatic carbocycles. The maximum atomic E-state index is 11.1. The average Bonchev–Trinajstić information content (AvgIpc) is 2.92. The fraction of sp³-hybridized carbons (Fsp3) is 0.471. The lowest BCUT2D eigenvalue weighted by Crippen LogP contribution is -2.30. The molecule has 0 saturated carbocycles. The highest BCUT2D eigenvalue weighted by Gasteiger charge is 2.30. The Morgan fingerprint density at radius 1 is 1.16 bits per heavy atom. The van der Waals surface area contributed by atoms with E-state index in [0.717, 1.165) is 36.5 Å². The van der Waals surface area contributed by atoms with E-state index in [1.807, 2.05) is 37.8 Å². The molecule has 1 atom stereocenters. The quantitative estimate of drug-likeness (QED) is 0.852. The summed E-state index contributed by atoms with van der Waals surface area (Å²) < 4.78 is 0. The molecule has 3 rings (SSSR count). The minimum absolute atomic E-state index is 0.00488. The molecule has 8 heteroatoms. The number of carboxylic acid groups (broad SMARTS) is 1. The summed E-state index contributed by atoms with van der Waals surface area (Å²) in [6.45, 7) is 6.48. The molecule has 0 spiro atoms. The van der Waals surface area contributed by atoms with Crippen molar-refractivity contribution in [1.29, 1.82) is 0 Å². The van der Waals surface area contributed by atoms with E-state index in [4.69, 9.17) is 5.11 Å². The van der Waals surface area contributed by atoms with Crippen molar-refractivity contribution >= 4 is 17.7 Å². The van der Waals surface area contributed by atoms with Crippen molar-refractivity contribution in [2.24, 2.45) is 0 Å². The van der Waals surface area contributed by atoms with Crippen LogP contribution in [-0.2, 0) is 4.79 Å². The summed E-state index contributed by atoms with van der Waals surface area (Å²) in [6.07, 6.45) is 1.80. The first kappa shape index (κ1) is 17.2. The van der Waals surface area contributed by atoms with E-state index >= 15 is 0 Å². The van der Waals surface area contributed by atoms with E-state index in [-0.39, 0.29) is 12.6 Å². The van der Waals surface area contributed by atoms with Gasteiger partial charge in [0.2, 0.25) is 5.95 Å². The van der Waals surface area contributed by atoms with E-state index in [1.54, 1.807) is 0 Å². The molecule has 2 aromatic heterocycles. The van der Waals surface area contributed by atoms with Gasteiger partial charge in [0.15, 0.2) is 0 Å². The number of nitrogens with one attached hydrogen (secondary N) is 1. The van der Waals surface area contributed by atoms with Gasteiger partial charge in [0.05, 0.1) is 12.6 Å². The molecule has 2 N–H and O–H groups in total. The first-order chi connectivity index (χ1) is 11.9. The second-order valence-electron chi connectivity index (χ2n) is 6.37. The molecule has 0 aromatic carbocycles. The largest absolute Gasteiger partial charge is 0.480 e. The summed E-state index contributed by atoms with van der Waals surface area (Å²) in [6, 6.07) is 3.67. The molecule has 25 heavy (non-hydrogen) atoms. The standard InChI is InChI=1S/C17H22N6O2/c1-10-7-11(2)20-17(19-10)22-14-8-12(3)18-16(21-14)13-5-4-6-23(13)9-15(24)25/h7-8,13H,4-6,9H2,1-3H3,(H,24,25)(H,18,19,20,21,22)/t13-/m1/s1. The first-order valence-electron chi connectivity index (χ1n) is 8.31. The Morgan fingerprint density at radius 2 is 1.84 bits per heavy atom. The van der Waals surface area contributed by atoms with Crippen molar-refractivity contribution in [2.75, 3.05) is 18.4 Å². The minimum Gasteiger partial charge on any atom is -0.480 e. The number of carboxylic acids is 1. The van der Waals surface area contributed by atoms with Gasteiger partial charge in [0, 0.05) is 23.1 Å². The molecule has 1 saturated heterocycles. The third-order valence-corrected chi connectivity index (χ3v) is 4.09. The molecule has 2 aromatic rings. The molecule has 0 radical (unpaired) electrons. The number of likely N-dealkylation sites (tertiary alicyclic amines) is 1. The summed E-state index contributed by atoms with van der Waals surface area (Å²) >= 11 is 0. The predicted octanol–water partition coefficient (Wildman–Crippen LogP) is 2.16. The molecule has 1 fully saturated rings. The SMILES string of the molecule is Cc1cc(C)nc(Nc2cc(C)nc([C@H]3CCCN3CC(=O)O)n2)n1. The fourth-order valence-electron chi connectivity index (χ4n) is 3.18. The summed E-state index contributed by atoms with van der Waals surface area (Å²) in [5, 5.41) is 12.2. The van der Waals surface area contributed by atoms with Crippen LogP contribution in [0.5, 0.6) is 0 Å². The van der Waals surface area contributed by atoms with Crippen LogP contribution >= 0.6 is 0 Å². The van der Waals surface area contributed by atoms with Crippen LogP contribution < -0.4 is 5.32 Å². The van der Waals surface area contributed by atoms with Crippen LogP contribution in [0.2, 0.25) is 0 Å². The van der Waals surface area contributed by atoms with Crippen molar-refractivity contribution in [3.8, 4) is 0 Å². The lowest BCUT2D eigenvalue weighted by molar-refractivity contribution is -0.138. The molecule has 0 bridgehead atoms. The van der Waals surface area contributed by atoms with Gasteiger partial charge >= 0.3 is 5.97 Å². The molecule has 0 amide bonds. The Balaban J connectivity index is 1.86. The number of anilines is 2. The zero-order chi connectivity index (χ0) is 18.0. The van der Waals surface area contributed by atoms with Crippen LogP contribution in [0.25, 0.3) is 0 Å². The van der Waals surface area contributed by atoms with Gasteiger partial charge in [-0.05, 0) is 46.2 Å². The van der Waals surface area contributed by atoms with E-state index < -0.39 is 5.97 Å². The predicted molar refractivity (Wildman–Crippen MR) is 92.7 cm³/mol. The minimum atomic E-state index is -0.832. The molecular weight excluding hydrogens is 320 g/mol. The van der Waals surface area contributed by atoms with Crippen LogP contribution in [0.4, 0.5) is 11.8 Å². The van der Waals surface area contributed by atoms with E-state index in [2.05, 4.69) is 25.3 Å². The highest BCUT2D eigenvalue weighted by Crippen LogP contribution is 2.30. The number of hydrogen-bond donors (Lipinski definition) is 2. The lowest BCUT2D eigenvalue weighted by Gasteiger charge is -2.21. The van der Waals surface area contributed by atoms with Gasteiger partial charge in [-0.3, -0.25) is 9.69 Å². The number of rotatable bonds is 5. The molecular formula is C17H22N6O2. The Labute approximate surface area is 146 Å². The number of nitrogens with zero attached hydrogens (tertiary/aromatic N) is 5. The average molecular weight is 342 g/mol. The zero-order valence-corrected chi connectivity index (χ0v) is 14.7. The number of aryl methyl sites for hydroxylation is 3. The second kappa shape index (κ2) is 7.10. The zero-order valence-electron chi connectivity index (χ0n) is 14.7. The van der Waals surface area contributed by atoms with Gasteiger partial charge in [-0.1, -0.05) is 0 Å². The van der Waals surface area contributed by atoms with Gasteiger partial charge in [-0.2, -0.15) is 0 Å². The highest BCUT2D eigenvalue weighted by molar-refractivity contribution is 5.69. The van der Waals surface area contributed by atoms with Crippen molar-refractivity contribution in [2.45, 2.75) is 39.7 Å². The Morgan fingerprint density at radius 3 is 2.52 bits per heavy atom.